The monoisotopic (exact) mass is 392 g/mol. The number of allylic oxidation sites excluding steroid dienone is 1. The highest BCUT2D eigenvalue weighted by Gasteiger charge is 2.19. The number of carbonyl (C=O) groups is 2. The number of para-hydroxylation sites is 1. The molecule has 2 N–H and O–H groups in total. The molecule has 0 aliphatic rings. The highest BCUT2D eigenvalue weighted by molar-refractivity contribution is 6.11. The number of benzene rings is 2. The number of aryl methyl sites for hydroxylation is 1. The fourth-order valence-corrected chi connectivity index (χ4v) is 3.01. The minimum atomic E-state index is -0.609. The molecule has 0 bridgehead atoms. The summed E-state index contributed by atoms with van der Waals surface area (Å²) in [4.78, 5) is 36.9. The molecule has 1 amide bonds. The van der Waals surface area contributed by atoms with E-state index in [1.165, 1.54) is 23.8 Å². The van der Waals surface area contributed by atoms with Crippen molar-refractivity contribution in [1.82, 2.24) is 4.57 Å². The van der Waals surface area contributed by atoms with E-state index in [1.54, 1.807) is 55.6 Å². The van der Waals surface area contributed by atoms with Crippen molar-refractivity contribution in [2.45, 2.75) is 0 Å². The number of methoxy groups -OCH3 is 1. The van der Waals surface area contributed by atoms with Gasteiger partial charge in [0.05, 0.1) is 5.52 Å². The number of anilines is 1. The summed E-state index contributed by atoms with van der Waals surface area (Å²) >= 11 is 0. The molecular weight excluding hydrogens is 372 g/mol. The van der Waals surface area contributed by atoms with Crippen LogP contribution in [-0.2, 0) is 16.6 Å². The summed E-state index contributed by atoms with van der Waals surface area (Å²) in [7, 11) is 2.98. The minimum Gasteiger partial charge on any atom is -0.506 e. The van der Waals surface area contributed by atoms with E-state index < -0.39 is 11.3 Å². The van der Waals surface area contributed by atoms with Gasteiger partial charge in [-0.25, -0.2) is 0 Å². The van der Waals surface area contributed by atoms with Crippen molar-refractivity contribution in [3.8, 4) is 5.75 Å². The van der Waals surface area contributed by atoms with Gasteiger partial charge in [0.25, 0.3) is 5.56 Å². The van der Waals surface area contributed by atoms with Gasteiger partial charge in [-0.3, -0.25) is 14.4 Å². The maximum Gasteiger partial charge on any atom is 0.265 e. The number of hydrogen-bond acceptors (Lipinski definition) is 5. The molecule has 7 nitrogen and oxygen atoms in total. The summed E-state index contributed by atoms with van der Waals surface area (Å²) in [6, 6.07) is 13.7. The summed E-state index contributed by atoms with van der Waals surface area (Å²) in [5.41, 5.74) is 0.871. The van der Waals surface area contributed by atoms with E-state index in [9.17, 15) is 19.5 Å². The van der Waals surface area contributed by atoms with Crippen LogP contribution in [0.25, 0.3) is 17.0 Å². The molecule has 0 radical (unpaired) electrons. The Morgan fingerprint density at radius 2 is 1.93 bits per heavy atom. The van der Waals surface area contributed by atoms with Gasteiger partial charge in [0.1, 0.15) is 17.9 Å². The van der Waals surface area contributed by atoms with E-state index in [-0.39, 0.29) is 23.8 Å². The van der Waals surface area contributed by atoms with Gasteiger partial charge in [0.15, 0.2) is 5.78 Å². The van der Waals surface area contributed by atoms with E-state index >= 15 is 0 Å². The van der Waals surface area contributed by atoms with Crippen LogP contribution < -0.4 is 10.9 Å². The van der Waals surface area contributed by atoms with Crippen LogP contribution in [0.4, 0.5) is 5.69 Å². The molecule has 1 aromatic heterocycles. The third-order valence-corrected chi connectivity index (χ3v) is 4.40. The molecule has 0 aliphatic heterocycles. The molecule has 0 aliphatic carbocycles. The second-order valence-electron chi connectivity index (χ2n) is 6.41. The number of aromatic hydroxyl groups is 1. The van der Waals surface area contributed by atoms with E-state index in [0.29, 0.717) is 22.2 Å². The summed E-state index contributed by atoms with van der Waals surface area (Å²) in [6.45, 7) is -0.0664. The van der Waals surface area contributed by atoms with Crippen LogP contribution in [0.3, 0.4) is 0 Å². The first-order chi connectivity index (χ1) is 13.9. The Balaban J connectivity index is 1.90. The topological polar surface area (TPSA) is 97.6 Å². The normalized spacial score (nSPS) is 11.1. The lowest BCUT2D eigenvalue weighted by Gasteiger charge is -2.10. The SMILES string of the molecule is COCC(=O)Nc1cccc(/C=C/C(=O)c2c(O)c3ccccc3n(C)c2=O)c1. The molecule has 3 rings (SSSR count). The molecule has 1 heterocycles. The number of ketones is 1. The first-order valence-corrected chi connectivity index (χ1v) is 8.84. The zero-order valence-electron chi connectivity index (χ0n) is 16.0. The van der Waals surface area contributed by atoms with E-state index in [1.807, 2.05) is 0 Å². The molecule has 0 spiro atoms. The average Bonchev–Trinajstić information content (AvgIpc) is 2.71. The molecular formula is C22H20N2O5. The Kier molecular flexibility index (Phi) is 5.90. The number of fused-ring (bicyclic) bond motifs is 1. The molecule has 29 heavy (non-hydrogen) atoms. The minimum absolute atomic E-state index is 0.0664. The van der Waals surface area contributed by atoms with E-state index in [0.717, 1.165) is 0 Å². The molecule has 0 atom stereocenters. The Hall–Kier alpha value is -3.71. The van der Waals surface area contributed by atoms with Gasteiger partial charge >= 0.3 is 0 Å². The maximum absolute atomic E-state index is 12.7. The molecule has 3 aromatic rings. The summed E-state index contributed by atoms with van der Waals surface area (Å²) in [5.74, 6) is -1.24. The van der Waals surface area contributed by atoms with Gasteiger partial charge in [0, 0.05) is 25.2 Å². The second-order valence-corrected chi connectivity index (χ2v) is 6.41. The first kappa shape index (κ1) is 20.0. The van der Waals surface area contributed by atoms with Crippen LogP contribution in [0.1, 0.15) is 15.9 Å². The fourth-order valence-electron chi connectivity index (χ4n) is 3.01. The molecule has 0 fully saturated rings. The molecule has 7 heteroatoms. The van der Waals surface area contributed by atoms with Gasteiger partial charge in [-0.1, -0.05) is 30.3 Å². The van der Waals surface area contributed by atoms with E-state index in [2.05, 4.69) is 5.32 Å². The van der Waals surface area contributed by atoms with Crippen molar-refractivity contribution in [2.75, 3.05) is 19.0 Å². The lowest BCUT2D eigenvalue weighted by Crippen LogP contribution is -2.24. The number of ether oxygens (including phenoxy) is 1. The van der Waals surface area contributed by atoms with Crippen LogP contribution >= 0.6 is 0 Å². The Morgan fingerprint density at radius 1 is 1.17 bits per heavy atom. The summed E-state index contributed by atoms with van der Waals surface area (Å²) < 4.78 is 6.11. The number of pyridine rings is 1. The highest BCUT2D eigenvalue weighted by Crippen LogP contribution is 2.26. The number of hydrogen-bond donors (Lipinski definition) is 2. The quantitative estimate of drug-likeness (QED) is 0.497. The molecule has 148 valence electrons. The van der Waals surface area contributed by atoms with Crippen molar-refractivity contribution in [3.05, 3.63) is 76.1 Å². The van der Waals surface area contributed by atoms with Gasteiger partial charge in [-0.15, -0.1) is 0 Å². The van der Waals surface area contributed by atoms with E-state index in [4.69, 9.17) is 4.74 Å². The third-order valence-electron chi connectivity index (χ3n) is 4.40. The van der Waals surface area contributed by atoms with Crippen LogP contribution in [0.2, 0.25) is 0 Å². The number of carbonyl (C=O) groups excluding carboxylic acids is 2. The average molecular weight is 392 g/mol. The summed E-state index contributed by atoms with van der Waals surface area (Å²) in [6.07, 6.45) is 2.74. The predicted octanol–water partition coefficient (Wildman–Crippen LogP) is 2.73. The largest absolute Gasteiger partial charge is 0.506 e. The lowest BCUT2D eigenvalue weighted by molar-refractivity contribution is -0.119. The number of aromatic nitrogens is 1. The number of amides is 1. The van der Waals surface area contributed by atoms with Crippen molar-refractivity contribution in [2.24, 2.45) is 7.05 Å². The Bertz CT molecular complexity index is 1180. The summed E-state index contributed by atoms with van der Waals surface area (Å²) in [5, 5.41) is 13.6. The van der Waals surface area contributed by atoms with Crippen LogP contribution in [-0.4, -0.2) is 35.1 Å². The number of nitrogens with one attached hydrogen (secondary N) is 1. The van der Waals surface area contributed by atoms with Gasteiger partial charge in [0.2, 0.25) is 5.91 Å². The third kappa shape index (κ3) is 4.25. The molecule has 0 unspecified atom stereocenters. The highest BCUT2D eigenvalue weighted by atomic mass is 16.5. The second kappa shape index (κ2) is 8.53. The zero-order valence-corrected chi connectivity index (χ0v) is 16.0. The van der Waals surface area contributed by atoms with Crippen LogP contribution in [0, 0.1) is 0 Å². The van der Waals surface area contributed by atoms with Gasteiger partial charge in [-0.2, -0.15) is 0 Å². The van der Waals surface area contributed by atoms with Crippen LogP contribution in [0.5, 0.6) is 5.75 Å². The Morgan fingerprint density at radius 3 is 2.69 bits per heavy atom. The standard InChI is InChI=1S/C22H20N2O5/c1-24-17-9-4-3-8-16(17)21(27)20(22(24)28)18(25)11-10-14-6-5-7-15(12-14)23-19(26)13-29-2/h3-12,27H,13H2,1-2H3,(H,23,26)/b11-10+. The molecule has 2 aromatic carbocycles. The zero-order chi connectivity index (χ0) is 21.0. The van der Waals surface area contributed by atoms with Crippen molar-refractivity contribution in [1.29, 1.82) is 0 Å². The molecule has 0 saturated carbocycles. The van der Waals surface area contributed by atoms with Crippen molar-refractivity contribution >= 4 is 34.4 Å². The number of rotatable bonds is 6. The molecule has 0 saturated heterocycles. The van der Waals surface area contributed by atoms with Gasteiger partial charge in [-0.05, 0) is 35.9 Å². The number of nitrogens with zero attached hydrogens (tertiary/aromatic N) is 1. The van der Waals surface area contributed by atoms with Gasteiger partial charge < -0.3 is 19.7 Å². The van der Waals surface area contributed by atoms with Crippen molar-refractivity contribution in [3.63, 3.8) is 0 Å². The lowest BCUT2D eigenvalue weighted by atomic mass is 10.1. The van der Waals surface area contributed by atoms with Crippen LogP contribution in [0.15, 0.2) is 59.4 Å². The Labute approximate surface area is 166 Å². The predicted molar refractivity (Wildman–Crippen MR) is 111 cm³/mol. The smallest absolute Gasteiger partial charge is 0.265 e. The fraction of sp³-hybridized carbons (Fsp3) is 0.136. The maximum atomic E-state index is 12.7. The van der Waals surface area contributed by atoms with Crippen molar-refractivity contribution < 1.29 is 19.4 Å². The first-order valence-electron chi connectivity index (χ1n) is 8.84.